The third-order valence-electron chi connectivity index (χ3n) is 2.76. The van der Waals surface area contributed by atoms with Crippen molar-refractivity contribution in [3.63, 3.8) is 0 Å². The highest BCUT2D eigenvalue weighted by Gasteiger charge is 2.20. The second kappa shape index (κ2) is 8.80. The van der Waals surface area contributed by atoms with Gasteiger partial charge >= 0.3 is 5.97 Å². The molecule has 0 saturated carbocycles. The molecule has 0 heterocycles. The largest absolute Gasteiger partial charge is 0.480 e. The Bertz CT molecular complexity index is 550. The molecule has 0 aliphatic rings. The predicted molar refractivity (Wildman–Crippen MR) is 84.8 cm³/mol. The van der Waals surface area contributed by atoms with Crippen LogP contribution in [0.2, 0.25) is 0 Å². The summed E-state index contributed by atoms with van der Waals surface area (Å²) in [5.74, 6) is -1.51. The minimum atomic E-state index is -1.07. The third kappa shape index (κ3) is 6.27. The maximum absolute atomic E-state index is 12.1. The van der Waals surface area contributed by atoms with Gasteiger partial charge in [0.15, 0.2) is 0 Å². The van der Waals surface area contributed by atoms with Gasteiger partial charge in [-0.3, -0.25) is 4.79 Å². The fourth-order valence-corrected chi connectivity index (χ4v) is 3.03. The van der Waals surface area contributed by atoms with Crippen LogP contribution >= 0.6 is 31.9 Å². The SMILES string of the molecule is N#CCCCC[C@@H](NC(=O)c1cc(Br)cc(Br)c1)C(=O)O. The molecule has 112 valence electrons. The number of benzene rings is 1. The molecule has 1 rings (SSSR count). The predicted octanol–water partition coefficient (Wildman–Crippen LogP) is 3.48. The van der Waals surface area contributed by atoms with E-state index in [0.717, 1.165) is 8.95 Å². The molecule has 1 atom stereocenters. The Labute approximate surface area is 139 Å². The molecule has 5 nitrogen and oxygen atoms in total. The Morgan fingerprint density at radius 2 is 1.86 bits per heavy atom. The first-order valence-electron chi connectivity index (χ1n) is 6.30. The number of carboxylic acid groups (broad SMARTS) is 1. The van der Waals surface area contributed by atoms with E-state index in [1.54, 1.807) is 18.2 Å². The molecule has 7 heteroatoms. The van der Waals surface area contributed by atoms with E-state index in [2.05, 4.69) is 37.2 Å². The van der Waals surface area contributed by atoms with Gasteiger partial charge < -0.3 is 10.4 Å². The van der Waals surface area contributed by atoms with Crippen molar-refractivity contribution in [3.8, 4) is 6.07 Å². The first kappa shape index (κ1) is 17.7. The van der Waals surface area contributed by atoms with Crippen LogP contribution in [0.3, 0.4) is 0 Å². The van der Waals surface area contributed by atoms with Crippen molar-refractivity contribution < 1.29 is 14.7 Å². The molecule has 1 amide bonds. The zero-order valence-electron chi connectivity index (χ0n) is 11.1. The number of hydrogen-bond acceptors (Lipinski definition) is 3. The summed E-state index contributed by atoms with van der Waals surface area (Å²) < 4.78 is 1.45. The molecule has 2 N–H and O–H groups in total. The summed E-state index contributed by atoms with van der Waals surface area (Å²) in [6, 6.07) is 6.08. The number of carbonyl (C=O) groups is 2. The summed E-state index contributed by atoms with van der Waals surface area (Å²) in [6.07, 6.45) is 1.89. The zero-order valence-corrected chi connectivity index (χ0v) is 14.3. The summed E-state index contributed by atoms with van der Waals surface area (Å²) in [5, 5.41) is 20.1. The van der Waals surface area contributed by atoms with Crippen LogP contribution in [-0.4, -0.2) is 23.0 Å². The lowest BCUT2D eigenvalue weighted by atomic mass is 10.1. The molecule has 0 spiro atoms. The highest BCUT2D eigenvalue weighted by molar-refractivity contribution is 9.11. The monoisotopic (exact) mass is 416 g/mol. The van der Waals surface area contributed by atoms with Gasteiger partial charge in [-0.2, -0.15) is 5.26 Å². The van der Waals surface area contributed by atoms with E-state index < -0.39 is 17.9 Å². The summed E-state index contributed by atoms with van der Waals surface area (Å²) in [6.45, 7) is 0. The van der Waals surface area contributed by atoms with E-state index >= 15 is 0 Å². The molecule has 0 aliphatic heterocycles. The van der Waals surface area contributed by atoms with Crippen molar-refractivity contribution in [2.24, 2.45) is 0 Å². The number of rotatable bonds is 7. The number of amides is 1. The molecule has 0 aromatic heterocycles. The van der Waals surface area contributed by atoms with E-state index in [9.17, 15) is 9.59 Å². The lowest BCUT2D eigenvalue weighted by Crippen LogP contribution is -2.40. The lowest BCUT2D eigenvalue weighted by molar-refractivity contribution is -0.139. The Morgan fingerprint density at radius 1 is 1.24 bits per heavy atom. The highest BCUT2D eigenvalue weighted by atomic mass is 79.9. The van der Waals surface area contributed by atoms with E-state index in [0.29, 0.717) is 31.2 Å². The number of carboxylic acids is 1. The van der Waals surface area contributed by atoms with Crippen molar-refractivity contribution >= 4 is 43.7 Å². The van der Waals surface area contributed by atoms with Crippen LogP contribution in [0.25, 0.3) is 0 Å². The summed E-state index contributed by atoms with van der Waals surface area (Å²) in [5.41, 5.74) is 0.375. The van der Waals surface area contributed by atoms with Gasteiger partial charge in [-0.15, -0.1) is 0 Å². The second-order valence-electron chi connectivity index (χ2n) is 4.43. The number of aliphatic carboxylic acids is 1. The van der Waals surface area contributed by atoms with Crippen LogP contribution in [0, 0.1) is 11.3 Å². The maximum Gasteiger partial charge on any atom is 0.326 e. The molecule has 0 bridgehead atoms. The van der Waals surface area contributed by atoms with Gasteiger partial charge in [0.05, 0.1) is 6.07 Å². The molecule has 0 saturated heterocycles. The molecule has 0 radical (unpaired) electrons. The fourth-order valence-electron chi connectivity index (χ4n) is 1.74. The average Bonchev–Trinajstić information content (AvgIpc) is 2.40. The number of nitriles is 1. The molecule has 0 aliphatic carbocycles. The standard InChI is InChI=1S/C14H14Br2N2O3/c15-10-6-9(7-11(16)8-10)13(19)18-12(14(20)21)4-2-1-3-5-17/h6-8,12H,1-4H2,(H,18,19)(H,20,21)/t12-/m1/s1. The minimum absolute atomic E-state index is 0.303. The van der Waals surface area contributed by atoms with Gasteiger partial charge in [0.1, 0.15) is 6.04 Å². The first-order valence-corrected chi connectivity index (χ1v) is 7.89. The van der Waals surface area contributed by atoms with Crippen LogP contribution < -0.4 is 5.32 Å². The lowest BCUT2D eigenvalue weighted by Gasteiger charge is -2.14. The van der Waals surface area contributed by atoms with Gasteiger partial charge in [-0.1, -0.05) is 31.9 Å². The van der Waals surface area contributed by atoms with Crippen molar-refractivity contribution in [1.29, 1.82) is 5.26 Å². The molecular formula is C14H14Br2N2O3. The third-order valence-corrected chi connectivity index (χ3v) is 3.68. The molecule has 21 heavy (non-hydrogen) atoms. The van der Waals surface area contributed by atoms with E-state index in [4.69, 9.17) is 10.4 Å². The Kier molecular flexibility index (Phi) is 7.40. The van der Waals surface area contributed by atoms with Crippen molar-refractivity contribution in [2.45, 2.75) is 31.7 Å². The molecule has 1 aromatic rings. The smallest absolute Gasteiger partial charge is 0.326 e. The average molecular weight is 418 g/mol. The Hall–Kier alpha value is -1.39. The van der Waals surface area contributed by atoms with E-state index in [1.807, 2.05) is 6.07 Å². The normalized spacial score (nSPS) is 11.5. The Balaban J connectivity index is 2.68. The molecule has 1 aromatic carbocycles. The second-order valence-corrected chi connectivity index (χ2v) is 6.26. The maximum atomic E-state index is 12.1. The van der Waals surface area contributed by atoms with Gasteiger partial charge in [-0.25, -0.2) is 4.79 Å². The fraction of sp³-hybridized carbons (Fsp3) is 0.357. The van der Waals surface area contributed by atoms with E-state index in [-0.39, 0.29) is 0 Å². The number of nitrogens with zero attached hydrogens (tertiary/aromatic N) is 1. The van der Waals surface area contributed by atoms with Crippen LogP contribution in [0.1, 0.15) is 36.0 Å². The van der Waals surface area contributed by atoms with Crippen LogP contribution in [0.15, 0.2) is 27.1 Å². The molecule has 0 fully saturated rings. The van der Waals surface area contributed by atoms with Crippen LogP contribution in [0.4, 0.5) is 0 Å². The van der Waals surface area contributed by atoms with Crippen LogP contribution in [-0.2, 0) is 4.79 Å². The highest BCUT2D eigenvalue weighted by Crippen LogP contribution is 2.20. The van der Waals surface area contributed by atoms with Crippen molar-refractivity contribution in [2.75, 3.05) is 0 Å². The number of halogens is 2. The number of nitrogens with one attached hydrogen (secondary N) is 1. The van der Waals surface area contributed by atoms with Gasteiger partial charge in [-0.05, 0) is 37.5 Å². The molecular weight excluding hydrogens is 404 g/mol. The zero-order chi connectivity index (χ0) is 15.8. The topological polar surface area (TPSA) is 90.2 Å². The number of unbranched alkanes of at least 4 members (excludes halogenated alkanes) is 2. The quantitative estimate of drug-likeness (QED) is 0.664. The van der Waals surface area contributed by atoms with Crippen molar-refractivity contribution in [1.82, 2.24) is 5.32 Å². The summed E-state index contributed by atoms with van der Waals surface area (Å²) in [7, 11) is 0. The number of hydrogen-bond donors (Lipinski definition) is 2. The van der Waals surface area contributed by atoms with Crippen LogP contribution in [0.5, 0.6) is 0 Å². The van der Waals surface area contributed by atoms with Gasteiger partial charge in [0.2, 0.25) is 0 Å². The van der Waals surface area contributed by atoms with E-state index in [1.165, 1.54) is 0 Å². The summed E-state index contributed by atoms with van der Waals surface area (Å²) >= 11 is 6.56. The Morgan fingerprint density at radius 3 is 2.38 bits per heavy atom. The first-order chi connectivity index (χ1) is 9.93. The minimum Gasteiger partial charge on any atom is -0.480 e. The van der Waals surface area contributed by atoms with Gasteiger partial charge in [0, 0.05) is 20.9 Å². The molecule has 0 unspecified atom stereocenters. The van der Waals surface area contributed by atoms with Crippen molar-refractivity contribution in [3.05, 3.63) is 32.7 Å². The summed E-state index contributed by atoms with van der Waals surface area (Å²) in [4.78, 5) is 23.3. The number of carbonyl (C=O) groups excluding carboxylic acids is 1. The van der Waals surface area contributed by atoms with Gasteiger partial charge in [0.25, 0.3) is 5.91 Å².